The van der Waals surface area contributed by atoms with Crippen LogP contribution in [0.2, 0.25) is 0 Å². The number of rotatable bonds is 2. The number of nitriles is 2. The van der Waals surface area contributed by atoms with Crippen molar-refractivity contribution in [3.8, 4) is 23.6 Å². The van der Waals surface area contributed by atoms with Crippen molar-refractivity contribution in [2.45, 2.75) is 58.5 Å². The molecular weight excluding hydrogens is 466 g/mol. The van der Waals surface area contributed by atoms with E-state index in [1.54, 1.807) is 20.8 Å². The van der Waals surface area contributed by atoms with Crippen molar-refractivity contribution in [3.63, 3.8) is 0 Å². The zero-order valence-corrected chi connectivity index (χ0v) is 18.4. The summed E-state index contributed by atoms with van der Waals surface area (Å²) in [7, 11) is 0. The van der Waals surface area contributed by atoms with Crippen LogP contribution in [0.1, 0.15) is 35.6 Å². The number of carbonyl (C=O) groups excluding carboxylic acids is 1. The second-order valence-electron chi connectivity index (χ2n) is 8.46. The smallest absolute Gasteiger partial charge is 0.415 e. The van der Waals surface area contributed by atoms with E-state index in [9.17, 15) is 46.8 Å². The van der Waals surface area contributed by atoms with E-state index in [4.69, 9.17) is 4.74 Å². The lowest BCUT2D eigenvalue weighted by atomic mass is 9.77. The van der Waals surface area contributed by atoms with Gasteiger partial charge in [0.25, 0.3) is 0 Å². The second kappa shape index (κ2) is 7.79. The number of nitrogens with zero attached hydrogens (tertiary/aromatic N) is 2. The van der Waals surface area contributed by atoms with E-state index in [1.807, 2.05) is 0 Å². The zero-order valence-electron chi connectivity index (χ0n) is 18.4. The number of alkyl halides is 6. The lowest BCUT2D eigenvalue weighted by Crippen LogP contribution is -2.50. The van der Waals surface area contributed by atoms with E-state index in [-0.39, 0.29) is 24.3 Å². The van der Waals surface area contributed by atoms with Crippen LogP contribution in [0.4, 0.5) is 26.3 Å². The number of phenols is 1. The fraction of sp³-hybridized carbons (Fsp3) is 0.435. The molecule has 2 aliphatic rings. The molecule has 3 rings (SSSR count). The molecule has 1 atom stereocenters. The minimum Gasteiger partial charge on any atom is -0.507 e. The SMILES string of the molecule is Cc1c(C)c2c(c(C)c1O)CCC(C)(C(=O)C1C(C(F)(F)F)=C(C#N)C(C#N)=C1C(F)(F)F)O2. The Morgan fingerprint density at radius 3 is 1.85 bits per heavy atom. The summed E-state index contributed by atoms with van der Waals surface area (Å²) in [4.78, 5) is 13.5. The van der Waals surface area contributed by atoms with Gasteiger partial charge < -0.3 is 9.84 Å². The molecule has 1 unspecified atom stereocenters. The molecule has 0 saturated heterocycles. The van der Waals surface area contributed by atoms with Gasteiger partial charge in [-0.05, 0) is 57.2 Å². The van der Waals surface area contributed by atoms with Gasteiger partial charge in [0.05, 0.1) is 28.2 Å². The maximum Gasteiger partial charge on any atom is 0.415 e. The Balaban J connectivity index is 2.23. The maximum absolute atomic E-state index is 13.9. The summed E-state index contributed by atoms with van der Waals surface area (Å²) < 4.78 is 89.1. The first-order valence-corrected chi connectivity index (χ1v) is 9.99. The third-order valence-corrected chi connectivity index (χ3v) is 6.50. The van der Waals surface area contributed by atoms with Crippen LogP contribution < -0.4 is 4.74 Å². The first-order valence-electron chi connectivity index (χ1n) is 9.99. The molecule has 180 valence electrons. The van der Waals surface area contributed by atoms with Crippen LogP contribution in [0.15, 0.2) is 22.3 Å². The van der Waals surface area contributed by atoms with Crippen molar-refractivity contribution in [1.82, 2.24) is 0 Å². The van der Waals surface area contributed by atoms with Crippen molar-refractivity contribution in [3.05, 3.63) is 44.5 Å². The minimum atomic E-state index is -5.49. The van der Waals surface area contributed by atoms with Gasteiger partial charge in [-0.2, -0.15) is 36.9 Å². The van der Waals surface area contributed by atoms with Gasteiger partial charge in [0, 0.05) is 5.56 Å². The summed E-state index contributed by atoms with van der Waals surface area (Å²) in [5.41, 5.74) is -7.51. The number of ether oxygens (including phenoxy) is 1. The molecule has 5 nitrogen and oxygen atoms in total. The molecule has 1 N–H and O–H groups in total. The van der Waals surface area contributed by atoms with E-state index in [1.165, 1.54) is 0 Å². The van der Waals surface area contributed by atoms with Crippen molar-refractivity contribution >= 4 is 5.78 Å². The second-order valence-corrected chi connectivity index (χ2v) is 8.46. The van der Waals surface area contributed by atoms with Crippen molar-refractivity contribution in [2.24, 2.45) is 5.92 Å². The summed E-state index contributed by atoms with van der Waals surface area (Å²) in [5.74, 6) is -4.43. The summed E-state index contributed by atoms with van der Waals surface area (Å²) in [5, 5.41) is 28.6. The Morgan fingerprint density at radius 2 is 1.44 bits per heavy atom. The van der Waals surface area contributed by atoms with Crippen LogP contribution in [0.25, 0.3) is 0 Å². The standard InChI is InChI=1S/C23H18F6N2O3/c1-9-10(2)19-12(11(3)18(9)32)5-6-21(4,34-19)20(33)15-16(22(24,25)26)13(7-30)14(8-31)17(15)23(27,28)29/h15,32H,5-6H2,1-4H3. The first kappa shape index (κ1) is 25.2. The molecule has 0 amide bonds. The van der Waals surface area contributed by atoms with Gasteiger partial charge in [-0.25, -0.2) is 0 Å². The normalized spacial score (nSPS) is 21.2. The topological polar surface area (TPSA) is 94.1 Å². The number of hydrogen-bond donors (Lipinski definition) is 1. The molecule has 11 heteroatoms. The number of ketones is 1. The number of carbonyl (C=O) groups is 1. The molecule has 0 bridgehead atoms. The van der Waals surface area contributed by atoms with Crippen molar-refractivity contribution in [1.29, 1.82) is 10.5 Å². The highest BCUT2D eigenvalue weighted by Gasteiger charge is 2.60. The van der Waals surface area contributed by atoms with Crippen molar-refractivity contribution < 1.29 is 41.0 Å². The summed E-state index contributed by atoms with van der Waals surface area (Å²) >= 11 is 0. The number of allylic oxidation sites excluding steroid dienone is 4. The van der Waals surface area contributed by atoms with Crippen LogP contribution in [-0.2, 0) is 11.2 Å². The van der Waals surface area contributed by atoms with Gasteiger partial charge in [0.1, 0.15) is 23.6 Å². The average Bonchev–Trinajstić information content (AvgIpc) is 3.10. The lowest BCUT2D eigenvalue weighted by Gasteiger charge is -2.39. The largest absolute Gasteiger partial charge is 0.507 e. The highest BCUT2D eigenvalue weighted by molar-refractivity contribution is 5.97. The summed E-state index contributed by atoms with van der Waals surface area (Å²) in [6, 6.07) is 2.06. The monoisotopic (exact) mass is 484 g/mol. The summed E-state index contributed by atoms with van der Waals surface area (Å²) in [6.45, 7) is 5.77. The van der Waals surface area contributed by atoms with Crippen LogP contribution in [0.5, 0.6) is 11.5 Å². The highest BCUT2D eigenvalue weighted by atomic mass is 19.4. The van der Waals surface area contributed by atoms with Crippen LogP contribution in [0, 0.1) is 49.4 Å². The Hall–Kier alpha value is -3.47. The molecular formula is C23H18F6N2O3. The molecule has 1 aromatic carbocycles. The molecule has 0 aromatic heterocycles. The molecule has 0 fully saturated rings. The highest BCUT2D eigenvalue weighted by Crippen LogP contribution is 2.53. The number of benzene rings is 1. The maximum atomic E-state index is 13.9. The third kappa shape index (κ3) is 3.60. The minimum absolute atomic E-state index is 0.0209. The molecule has 1 aromatic rings. The number of halogens is 6. The fourth-order valence-electron chi connectivity index (χ4n) is 4.53. The lowest BCUT2D eigenvalue weighted by molar-refractivity contribution is -0.147. The van der Waals surface area contributed by atoms with Crippen LogP contribution >= 0.6 is 0 Å². The molecule has 1 aliphatic carbocycles. The number of aromatic hydroxyl groups is 1. The van der Waals surface area contributed by atoms with E-state index in [0.717, 1.165) is 19.1 Å². The third-order valence-electron chi connectivity index (χ3n) is 6.50. The van der Waals surface area contributed by atoms with Crippen LogP contribution in [-0.4, -0.2) is 28.8 Å². The quantitative estimate of drug-likeness (QED) is 0.570. The first-order chi connectivity index (χ1) is 15.5. The van der Waals surface area contributed by atoms with E-state index in [2.05, 4.69) is 0 Å². The zero-order chi connectivity index (χ0) is 26.0. The van der Waals surface area contributed by atoms with E-state index >= 15 is 0 Å². The number of fused-ring (bicyclic) bond motifs is 1. The molecule has 0 spiro atoms. The van der Waals surface area contributed by atoms with Gasteiger partial charge in [0.15, 0.2) is 11.4 Å². The molecule has 1 aliphatic heterocycles. The van der Waals surface area contributed by atoms with E-state index < -0.39 is 51.9 Å². The van der Waals surface area contributed by atoms with Crippen LogP contribution in [0.3, 0.4) is 0 Å². The number of phenolic OH excluding ortho intramolecular Hbond substituents is 1. The Bertz CT molecular complexity index is 1210. The molecule has 34 heavy (non-hydrogen) atoms. The van der Waals surface area contributed by atoms with Gasteiger partial charge in [-0.3, -0.25) is 4.79 Å². The predicted molar refractivity (Wildman–Crippen MR) is 106 cm³/mol. The molecule has 0 saturated carbocycles. The molecule has 0 radical (unpaired) electrons. The Kier molecular flexibility index (Phi) is 5.77. The van der Waals surface area contributed by atoms with Gasteiger partial charge >= 0.3 is 12.4 Å². The Morgan fingerprint density at radius 1 is 0.971 bits per heavy atom. The Labute approximate surface area is 190 Å². The van der Waals surface area contributed by atoms with E-state index in [0.29, 0.717) is 22.3 Å². The van der Waals surface area contributed by atoms with Gasteiger partial charge in [0.2, 0.25) is 0 Å². The number of Topliss-reactive ketones (excluding diaryl/α,β-unsaturated/α-hetero) is 1. The molecule has 1 heterocycles. The van der Waals surface area contributed by atoms with Crippen molar-refractivity contribution in [2.75, 3.05) is 0 Å². The number of hydrogen-bond acceptors (Lipinski definition) is 5. The summed E-state index contributed by atoms with van der Waals surface area (Å²) in [6.07, 6.45) is -11.2. The average molecular weight is 484 g/mol. The van der Waals surface area contributed by atoms with Gasteiger partial charge in [-0.15, -0.1) is 0 Å². The van der Waals surface area contributed by atoms with Gasteiger partial charge in [-0.1, -0.05) is 0 Å². The predicted octanol–water partition coefficient (Wildman–Crippen LogP) is 5.37. The fourth-order valence-corrected chi connectivity index (χ4v) is 4.53.